The number of carbonyl (C=O) groups is 2. The molecule has 0 aromatic heterocycles. The maximum atomic E-state index is 12.7. The average Bonchev–Trinajstić information content (AvgIpc) is 3.15. The van der Waals surface area contributed by atoms with Gasteiger partial charge in [0.25, 0.3) is 0 Å². The molecule has 0 spiro atoms. The van der Waals surface area contributed by atoms with Crippen molar-refractivity contribution >= 4 is 17.5 Å². The number of rotatable bonds is 9. The van der Waals surface area contributed by atoms with Gasteiger partial charge in [-0.15, -0.1) is 0 Å². The van der Waals surface area contributed by atoms with Gasteiger partial charge >= 0.3 is 0 Å². The van der Waals surface area contributed by atoms with Crippen molar-refractivity contribution in [2.75, 3.05) is 18.5 Å². The summed E-state index contributed by atoms with van der Waals surface area (Å²) in [6, 6.07) is 7.36. The predicted octanol–water partition coefficient (Wildman–Crippen LogP) is 3.43. The lowest BCUT2D eigenvalue weighted by Gasteiger charge is -2.24. The second-order valence-electron chi connectivity index (χ2n) is 7.39. The Labute approximate surface area is 162 Å². The van der Waals surface area contributed by atoms with Crippen LogP contribution in [0.1, 0.15) is 58.6 Å². The fraction of sp³-hybridized carbons (Fsp3) is 0.619. The molecule has 2 amide bonds. The van der Waals surface area contributed by atoms with Crippen molar-refractivity contribution in [3.8, 4) is 0 Å². The largest absolute Gasteiger partial charge is 0.376 e. The Morgan fingerprint density at radius 3 is 2.48 bits per heavy atom. The van der Waals surface area contributed by atoms with E-state index in [1.54, 1.807) is 0 Å². The molecule has 0 radical (unpaired) electrons. The minimum absolute atomic E-state index is 0.0210. The molecule has 1 aliphatic rings. The molecule has 1 heterocycles. The summed E-state index contributed by atoms with van der Waals surface area (Å²) in [5.41, 5.74) is 1.73. The number of anilines is 1. The van der Waals surface area contributed by atoms with Gasteiger partial charge < -0.3 is 20.1 Å². The van der Waals surface area contributed by atoms with Crippen LogP contribution in [-0.4, -0.2) is 37.2 Å². The van der Waals surface area contributed by atoms with E-state index in [4.69, 9.17) is 9.47 Å². The number of hydrogen-bond donors (Lipinski definition) is 2. The summed E-state index contributed by atoms with van der Waals surface area (Å²) in [4.78, 5) is 24.1. The molecule has 150 valence electrons. The van der Waals surface area contributed by atoms with Gasteiger partial charge in [0.2, 0.25) is 11.8 Å². The number of nitrogens with one attached hydrogen (secondary N) is 2. The molecule has 1 aromatic rings. The molecule has 1 saturated heterocycles. The molecule has 0 aliphatic carbocycles. The van der Waals surface area contributed by atoms with Crippen LogP contribution in [0.15, 0.2) is 24.3 Å². The molecule has 2 N–H and O–H groups in total. The molecule has 27 heavy (non-hydrogen) atoms. The van der Waals surface area contributed by atoms with Crippen LogP contribution in [0.25, 0.3) is 0 Å². The summed E-state index contributed by atoms with van der Waals surface area (Å²) >= 11 is 0. The molecule has 0 saturated carbocycles. The molecular weight excluding hydrogens is 344 g/mol. The van der Waals surface area contributed by atoms with E-state index in [-0.39, 0.29) is 29.9 Å². The highest BCUT2D eigenvalue weighted by molar-refractivity contribution is 5.90. The second-order valence-corrected chi connectivity index (χ2v) is 7.39. The lowest BCUT2D eigenvalue weighted by atomic mass is 10.0. The molecule has 6 nitrogen and oxygen atoms in total. The molecule has 3 atom stereocenters. The van der Waals surface area contributed by atoms with E-state index in [1.165, 1.54) is 0 Å². The first-order valence-electron chi connectivity index (χ1n) is 9.84. The van der Waals surface area contributed by atoms with Gasteiger partial charge in [-0.05, 0) is 43.4 Å². The van der Waals surface area contributed by atoms with Crippen LogP contribution in [-0.2, 0) is 19.1 Å². The van der Waals surface area contributed by atoms with Crippen LogP contribution in [0.4, 0.5) is 5.69 Å². The van der Waals surface area contributed by atoms with Gasteiger partial charge in [-0.1, -0.05) is 32.9 Å². The maximum absolute atomic E-state index is 12.7. The summed E-state index contributed by atoms with van der Waals surface area (Å²) in [6.07, 6.45) is 2.08. The summed E-state index contributed by atoms with van der Waals surface area (Å²) in [7, 11) is 0. The van der Waals surface area contributed by atoms with Crippen LogP contribution < -0.4 is 10.6 Å². The van der Waals surface area contributed by atoms with Gasteiger partial charge in [-0.25, -0.2) is 0 Å². The minimum Gasteiger partial charge on any atom is -0.376 e. The number of benzene rings is 1. The zero-order chi connectivity index (χ0) is 19.8. The maximum Gasteiger partial charge on any atom is 0.249 e. The minimum atomic E-state index is -0.500. The Morgan fingerprint density at radius 2 is 1.93 bits per heavy atom. The van der Waals surface area contributed by atoms with E-state index in [9.17, 15) is 9.59 Å². The number of carbonyl (C=O) groups excluding carboxylic acids is 2. The quantitative estimate of drug-likeness (QED) is 0.692. The zero-order valence-electron chi connectivity index (χ0n) is 16.8. The molecule has 1 fully saturated rings. The van der Waals surface area contributed by atoms with Gasteiger partial charge in [0.15, 0.2) is 0 Å². The van der Waals surface area contributed by atoms with Crippen molar-refractivity contribution < 1.29 is 19.1 Å². The Hall–Kier alpha value is -1.92. The Bertz CT molecular complexity index is 609. The van der Waals surface area contributed by atoms with Crippen molar-refractivity contribution in [1.29, 1.82) is 0 Å². The van der Waals surface area contributed by atoms with Crippen LogP contribution in [0.5, 0.6) is 0 Å². The van der Waals surface area contributed by atoms with Gasteiger partial charge in [0.05, 0.1) is 18.8 Å². The van der Waals surface area contributed by atoms with E-state index in [0.717, 1.165) is 30.7 Å². The fourth-order valence-electron chi connectivity index (χ4n) is 3.04. The highest BCUT2D eigenvalue weighted by Gasteiger charge is 2.26. The van der Waals surface area contributed by atoms with E-state index < -0.39 is 6.10 Å². The van der Waals surface area contributed by atoms with Gasteiger partial charge in [-0.3, -0.25) is 9.59 Å². The molecule has 6 heteroatoms. The second kappa shape index (κ2) is 10.4. The molecular formula is C21H32N2O4. The monoisotopic (exact) mass is 376 g/mol. The number of amides is 2. The average molecular weight is 376 g/mol. The van der Waals surface area contributed by atoms with Crippen molar-refractivity contribution in [2.24, 2.45) is 5.92 Å². The van der Waals surface area contributed by atoms with Crippen LogP contribution in [0.2, 0.25) is 0 Å². The van der Waals surface area contributed by atoms with Crippen molar-refractivity contribution in [2.45, 2.75) is 65.2 Å². The summed E-state index contributed by atoms with van der Waals surface area (Å²) in [6.45, 7) is 8.95. The lowest BCUT2D eigenvalue weighted by Crippen LogP contribution is -2.42. The summed E-state index contributed by atoms with van der Waals surface area (Å²) in [5.74, 6) is -0.0589. The van der Waals surface area contributed by atoms with Crippen molar-refractivity contribution in [3.05, 3.63) is 29.8 Å². The first kappa shape index (κ1) is 21.4. The smallest absolute Gasteiger partial charge is 0.249 e. The Morgan fingerprint density at radius 1 is 1.22 bits per heavy atom. The van der Waals surface area contributed by atoms with E-state index in [1.807, 2.05) is 52.0 Å². The predicted molar refractivity (Wildman–Crippen MR) is 105 cm³/mol. The standard InChI is InChI=1S/C21H32N2O4/c1-5-19(24)23-17-10-8-16(9-11-17)15(4)22-21(25)20(14(2)3)27-13-18-7-6-12-26-18/h8-11,14-15,18,20H,5-7,12-13H2,1-4H3,(H,22,25)(H,23,24). The highest BCUT2D eigenvalue weighted by atomic mass is 16.5. The van der Waals surface area contributed by atoms with Gasteiger partial charge in [-0.2, -0.15) is 0 Å². The van der Waals surface area contributed by atoms with Crippen molar-refractivity contribution in [1.82, 2.24) is 5.32 Å². The Kier molecular flexibility index (Phi) is 8.25. The van der Waals surface area contributed by atoms with E-state index in [2.05, 4.69) is 10.6 Å². The molecule has 1 aromatic carbocycles. The summed E-state index contributed by atoms with van der Waals surface area (Å²) < 4.78 is 11.5. The van der Waals surface area contributed by atoms with Crippen LogP contribution in [0.3, 0.4) is 0 Å². The van der Waals surface area contributed by atoms with Crippen LogP contribution >= 0.6 is 0 Å². The normalized spacial score (nSPS) is 18.9. The third kappa shape index (κ3) is 6.63. The van der Waals surface area contributed by atoms with E-state index >= 15 is 0 Å². The van der Waals surface area contributed by atoms with Gasteiger partial charge in [0.1, 0.15) is 6.10 Å². The molecule has 1 aliphatic heterocycles. The number of ether oxygens (including phenoxy) is 2. The molecule has 2 rings (SSSR count). The SMILES string of the molecule is CCC(=O)Nc1ccc(C(C)NC(=O)C(OCC2CCCO2)C(C)C)cc1. The first-order valence-corrected chi connectivity index (χ1v) is 9.84. The summed E-state index contributed by atoms with van der Waals surface area (Å²) in [5, 5.41) is 5.85. The topological polar surface area (TPSA) is 76.7 Å². The third-order valence-corrected chi connectivity index (χ3v) is 4.72. The third-order valence-electron chi connectivity index (χ3n) is 4.72. The van der Waals surface area contributed by atoms with Crippen LogP contribution in [0, 0.1) is 5.92 Å². The Balaban J connectivity index is 1.90. The highest BCUT2D eigenvalue weighted by Crippen LogP contribution is 2.19. The first-order chi connectivity index (χ1) is 12.9. The molecule has 3 unspecified atom stereocenters. The number of hydrogen-bond acceptors (Lipinski definition) is 4. The zero-order valence-corrected chi connectivity index (χ0v) is 16.8. The van der Waals surface area contributed by atoms with Crippen molar-refractivity contribution in [3.63, 3.8) is 0 Å². The lowest BCUT2D eigenvalue weighted by molar-refractivity contribution is -0.139. The fourth-order valence-corrected chi connectivity index (χ4v) is 3.04. The molecule has 0 bridgehead atoms. The van der Waals surface area contributed by atoms with E-state index in [0.29, 0.717) is 13.0 Å². The van der Waals surface area contributed by atoms with Gasteiger partial charge in [0, 0.05) is 18.7 Å².